The predicted octanol–water partition coefficient (Wildman–Crippen LogP) is 4.98. The number of hydrogen-bond acceptors (Lipinski definition) is 4. The number of nitrogens with zero attached hydrogens (tertiary/aromatic N) is 1. The minimum atomic E-state index is -0.271. The first kappa shape index (κ1) is 26.4. The molecule has 0 radical (unpaired) electrons. The lowest BCUT2D eigenvalue weighted by Crippen LogP contribution is -2.37. The number of carbonyl (C=O) groups excluding carboxylic acids is 1. The van der Waals surface area contributed by atoms with Gasteiger partial charge in [0, 0.05) is 32.4 Å². The van der Waals surface area contributed by atoms with Gasteiger partial charge in [0.2, 0.25) is 0 Å². The first-order chi connectivity index (χ1) is 15.7. The Morgan fingerprint density at radius 1 is 1.03 bits per heavy atom. The van der Waals surface area contributed by atoms with E-state index in [1.165, 1.54) is 11.8 Å². The van der Waals surface area contributed by atoms with Crippen LogP contribution in [0.15, 0.2) is 82.4 Å². The SMILES string of the molecule is CN=C(NCCCOC(C)c1ccccc1)NCc1ccc(NC(=O)c2ccco2)cc1.I. The summed E-state index contributed by atoms with van der Waals surface area (Å²) in [7, 11) is 1.75. The molecule has 1 atom stereocenters. The van der Waals surface area contributed by atoms with Crippen LogP contribution in [0, 0.1) is 0 Å². The normalized spacial score (nSPS) is 11.9. The predicted molar refractivity (Wildman–Crippen MR) is 142 cm³/mol. The Morgan fingerprint density at radius 2 is 1.79 bits per heavy atom. The Balaban J connectivity index is 0.00000385. The molecule has 3 aromatic rings. The van der Waals surface area contributed by atoms with Crippen molar-refractivity contribution >= 4 is 41.5 Å². The maximum atomic E-state index is 12.0. The number of carbonyl (C=O) groups is 1. The molecule has 1 amide bonds. The maximum absolute atomic E-state index is 12.0. The van der Waals surface area contributed by atoms with Gasteiger partial charge < -0.3 is 25.1 Å². The van der Waals surface area contributed by atoms with Crippen molar-refractivity contribution in [3.05, 3.63) is 89.9 Å². The van der Waals surface area contributed by atoms with Crippen molar-refractivity contribution in [2.75, 3.05) is 25.5 Å². The number of guanidine groups is 1. The number of furan rings is 1. The molecule has 0 aliphatic carbocycles. The molecule has 1 aromatic heterocycles. The van der Waals surface area contributed by atoms with Crippen LogP contribution in [0.1, 0.15) is 41.1 Å². The summed E-state index contributed by atoms with van der Waals surface area (Å²) in [6, 6.07) is 21.2. The lowest BCUT2D eigenvalue weighted by atomic mass is 10.1. The van der Waals surface area contributed by atoms with Gasteiger partial charge in [0.15, 0.2) is 11.7 Å². The number of hydrogen-bond donors (Lipinski definition) is 3. The van der Waals surface area contributed by atoms with Crippen molar-refractivity contribution in [2.45, 2.75) is 26.0 Å². The van der Waals surface area contributed by atoms with E-state index >= 15 is 0 Å². The minimum absolute atomic E-state index is 0. The highest BCUT2D eigenvalue weighted by atomic mass is 127. The van der Waals surface area contributed by atoms with Gasteiger partial charge in [-0.3, -0.25) is 9.79 Å². The van der Waals surface area contributed by atoms with Crippen molar-refractivity contribution < 1.29 is 13.9 Å². The van der Waals surface area contributed by atoms with E-state index in [0.717, 1.165) is 24.5 Å². The molecule has 8 heteroatoms. The third-order valence-corrected chi connectivity index (χ3v) is 4.89. The van der Waals surface area contributed by atoms with Gasteiger partial charge in [0.1, 0.15) is 0 Å². The second-order valence-corrected chi connectivity index (χ2v) is 7.26. The lowest BCUT2D eigenvalue weighted by Gasteiger charge is -2.15. The first-order valence-corrected chi connectivity index (χ1v) is 10.7. The fourth-order valence-electron chi connectivity index (χ4n) is 3.07. The third kappa shape index (κ3) is 8.89. The van der Waals surface area contributed by atoms with Gasteiger partial charge in [0.05, 0.1) is 12.4 Å². The van der Waals surface area contributed by atoms with E-state index in [2.05, 4.69) is 40.0 Å². The van der Waals surface area contributed by atoms with Gasteiger partial charge in [-0.1, -0.05) is 42.5 Å². The Bertz CT molecular complexity index is 977. The zero-order valence-corrected chi connectivity index (χ0v) is 21.2. The number of nitrogens with one attached hydrogen (secondary N) is 3. The standard InChI is InChI=1S/C25H30N4O3.HI/c1-19(21-8-4-3-5-9-21)31-17-7-15-27-25(26-2)28-18-20-11-13-22(14-12-20)29-24(30)23-10-6-16-32-23;/h3-6,8-14,16,19H,7,15,17-18H2,1-2H3,(H,29,30)(H2,26,27,28);1H. The summed E-state index contributed by atoms with van der Waals surface area (Å²) >= 11 is 0. The summed E-state index contributed by atoms with van der Waals surface area (Å²) in [5.74, 6) is 0.745. The molecular formula is C25H31IN4O3. The van der Waals surface area contributed by atoms with Crippen LogP contribution in [0.2, 0.25) is 0 Å². The van der Waals surface area contributed by atoms with Crippen molar-refractivity contribution in [2.24, 2.45) is 4.99 Å². The highest BCUT2D eigenvalue weighted by Gasteiger charge is 2.08. The van der Waals surface area contributed by atoms with E-state index in [1.54, 1.807) is 19.2 Å². The molecule has 1 heterocycles. The molecule has 7 nitrogen and oxygen atoms in total. The first-order valence-electron chi connectivity index (χ1n) is 10.7. The summed E-state index contributed by atoms with van der Waals surface area (Å²) in [4.78, 5) is 16.3. The Kier molecular flexibility index (Phi) is 11.5. The van der Waals surface area contributed by atoms with Crippen LogP contribution < -0.4 is 16.0 Å². The molecule has 176 valence electrons. The quantitative estimate of drug-likeness (QED) is 0.140. The molecule has 1 unspecified atom stereocenters. The molecule has 0 saturated heterocycles. The molecule has 3 N–H and O–H groups in total. The van der Waals surface area contributed by atoms with Gasteiger partial charge in [0.25, 0.3) is 5.91 Å². The van der Waals surface area contributed by atoms with Gasteiger partial charge in [-0.2, -0.15) is 0 Å². The topological polar surface area (TPSA) is 87.9 Å². The maximum Gasteiger partial charge on any atom is 0.291 e. The molecule has 0 bridgehead atoms. The summed E-state index contributed by atoms with van der Waals surface area (Å²) in [6.45, 7) is 4.12. The zero-order valence-electron chi connectivity index (χ0n) is 18.9. The van der Waals surface area contributed by atoms with Gasteiger partial charge in [-0.25, -0.2) is 0 Å². The number of amides is 1. The number of ether oxygens (including phenoxy) is 1. The van der Waals surface area contributed by atoms with Crippen LogP contribution in [0.25, 0.3) is 0 Å². The van der Waals surface area contributed by atoms with E-state index in [4.69, 9.17) is 9.15 Å². The number of aliphatic imine (C=N–C) groups is 1. The molecule has 0 aliphatic rings. The van der Waals surface area contributed by atoms with Crippen LogP contribution in [0.3, 0.4) is 0 Å². The molecule has 3 rings (SSSR count). The second-order valence-electron chi connectivity index (χ2n) is 7.26. The Morgan fingerprint density at radius 3 is 2.45 bits per heavy atom. The van der Waals surface area contributed by atoms with E-state index in [0.29, 0.717) is 18.8 Å². The van der Waals surface area contributed by atoms with Crippen molar-refractivity contribution in [3.8, 4) is 0 Å². The second kappa shape index (κ2) is 14.3. The molecule has 0 fully saturated rings. The van der Waals surface area contributed by atoms with Crippen LogP contribution in [0.5, 0.6) is 0 Å². The summed E-state index contributed by atoms with van der Waals surface area (Å²) < 4.78 is 11.0. The molecule has 0 aliphatic heterocycles. The molecule has 33 heavy (non-hydrogen) atoms. The number of anilines is 1. The smallest absolute Gasteiger partial charge is 0.291 e. The van der Waals surface area contributed by atoms with Crippen LogP contribution in [0.4, 0.5) is 5.69 Å². The Labute approximate surface area is 212 Å². The average Bonchev–Trinajstić information content (AvgIpc) is 3.37. The van der Waals surface area contributed by atoms with E-state index < -0.39 is 0 Å². The molecule has 0 saturated carbocycles. The number of benzene rings is 2. The third-order valence-electron chi connectivity index (χ3n) is 4.89. The van der Waals surface area contributed by atoms with E-state index in [1.807, 2.05) is 42.5 Å². The minimum Gasteiger partial charge on any atom is -0.459 e. The highest BCUT2D eigenvalue weighted by Crippen LogP contribution is 2.15. The summed E-state index contributed by atoms with van der Waals surface area (Å²) in [5, 5.41) is 9.39. The lowest BCUT2D eigenvalue weighted by molar-refractivity contribution is 0.0646. The van der Waals surface area contributed by atoms with Gasteiger partial charge >= 0.3 is 0 Å². The van der Waals surface area contributed by atoms with Gasteiger partial charge in [-0.15, -0.1) is 24.0 Å². The van der Waals surface area contributed by atoms with Crippen LogP contribution in [-0.4, -0.2) is 32.1 Å². The molecule has 2 aromatic carbocycles. The van der Waals surface area contributed by atoms with E-state index in [9.17, 15) is 4.79 Å². The fourth-order valence-corrected chi connectivity index (χ4v) is 3.07. The zero-order chi connectivity index (χ0) is 22.6. The number of halogens is 1. The molecule has 0 spiro atoms. The van der Waals surface area contributed by atoms with Crippen molar-refractivity contribution in [1.82, 2.24) is 10.6 Å². The monoisotopic (exact) mass is 562 g/mol. The summed E-state index contributed by atoms with van der Waals surface area (Å²) in [5.41, 5.74) is 2.97. The fraction of sp³-hybridized carbons (Fsp3) is 0.280. The Hall–Kier alpha value is -2.85. The van der Waals surface area contributed by atoms with E-state index in [-0.39, 0.29) is 41.7 Å². The van der Waals surface area contributed by atoms with Crippen LogP contribution in [-0.2, 0) is 11.3 Å². The highest BCUT2D eigenvalue weighted by molar-refractivity contribution is 14.0. The largest absolute Gasteiger partial charge is 0.459 e. The van der Waals surface area contributed by atoms with Gasteiger partial charge in [-0.05, 0) is 48.7 Å². The van der Waals surface area contributed by atoms with Crippen molar-refractivity contribution in [1.29, 1.82) is 0 Å². The van der Waals surface area contributed by atoms with Crippen LogP contribution >= 0.6 is 24.0 Å². The number of rotatable bonds is 10. The average molecular weight is 562 g/mol. The summed E-state index contributed by atoms with van der Waals surface area (Å²) in [6.07, 6.45) is 2.44. The van der Waals surface area contributed by atoms with Crippen molar-refractivity contribution in [3.63, 3.8) is 0 Å². The molecular weight excluding hydrogens is 531 g/mol.